The highest BCUT2D eigenvalue weighted by Gasteiger charge is 2.09. The molecule has 0 saturated carbocycles. The van der Waals surface area contributed by atoms with Crippen molar-refractivity contribution in [1.29, 1.82) is 0 Å². The van der Waals surface area contributed by atoms with Gasteiger partial charge in [0, 0.05) is 19.8 Å². The molecule has 0 aliphatic rings. The van der Waals surface area contributed by atoms with Crippen molar-refractivity contribution >= 4 is 33.1 Å². The van der Waals surface area contributed by atoms with Crippen LogP contribution in [0, 0.1) is 13.8 Å². The Kier molecular flexibility index (Phi) is 3.79. The second-order valence-corrected chi connectivity index (χ2v) is 6.33. The number of hydrogen-bond donors (Lipinski definition) is 0. The van der Waals surface area contributed by atoms with Crippen molar-refractivity contribution in [3.05, 3.63) is 38.4 Å². The zero-order valence-electron chi connectivity index (χ0n) is 10.1. The Morgan fingerprint density at radius 3 is 2.82 bits per heavy atom. The first kappa shape index (κ1) is 12.5. The maximum absolute atomic E-state index is 4.53. The normalized spacial score (nSPS) is 10.6. The lowest BCUT2D eigenvalue weighted by atomic mass is 10.3. The molecule has 0 bridgehead atoms. The molecule has 0 unspecified atom stereocenters. The molecule has 0 amide bonds. The van der Waals surface area contributed by atoms with Crippen LogP contribution in [0.2, 0.25) is 0 Å². The standard InChI is InChI=1S/C12H14BrN3S/c1-8-5-14-9(2)12(15-8)16(3)6-10-4-11(13)17-7-10/h4-5,7H,6H2,1-3H3. The van der Waals surface area contributed by atoms with Gasteiger partial charge < -0.3 is 4.90 Å². The van der Waals surface area contributed by atoms with E-state index in [1.165, 1.54) is 5.56 Å². The summed E-state index contributed by atoms with van der Waals surface area (Å²) in [7, 11) is 2.04. The summed E-state index contributed by atoms with van der Waals surface area (Å²) in [4.78, 5) is 11.0. The van der Waals surface area contributed by atoms with Gasteiger partial charge in [0.15, 0.2) is 0 Å². The van der Waals surface area contributed by atoms with Gasteiger partial charge in [0.1, 0.15) is 5.82 Å². The average molecular weight is 312 g/mol. The molecule has 90 valence electrons. The van der Waals surface area contributed by atoms with Crippen LogP contribution in [-0.4, -0.2) is 17.0 Å². The third kappa shape index (κ3) is 3.04. The predicted molar refractivity (Wildman–Crippen MR) is 75.6 cm³/mol. The lowest BCUT2D eigenvalue weighted by Crippen LogP contribution is -2.19. The van der Waals surface area contributed by atoms with Gasteiger partial charge in [0.2, 0.25) is 0 Å². The van der Waals surface area contributed by atoms with E-state index in [0.29, 0.717) is 0 Å². The Morgan fingerprint density at radius 1 is 1.41 bits per heavy atom. The van der Waals surface area contributed by atoms with E-state index in [0.717, 1.165) is 27.5 Å². The molecule has 0 aliphatic carbocycles. The highest BCUT2D eigenvalue weighted by Crippen LogP contribution is 2.23. The minimum absolute atomic E-state index is 0.848. The van der Waals surface area contributed by atoms with Crippen LogP contribution in [0.4, 0.5) is 5.82 Å². The third-order valence-electron chi connectivity index (χ3n) is 2.45. The Balaban J connectivity index is 2.19. The lowest BCUT2D eigenvalue weighted by Gasteiger charge is -2.19. The van der Waals surface area contributed by atoms with Crippen LogP contribution in [0.15, 0.2) is 21.4 Å². The minimum atomic E-state index is 0.848. The second kappa shape index (κ2) is 5.14. The van der Waals surface area contributed by atoms with Crippen LogP contribution in [0.25, 0.3) is 0 Å². The van der Waals surface area contributed by atoms with E-state index in [-0.39, 0.29) is 0 Å². The molecule has 2 heterocycles. The maximum Gasteiger partial charge on any atom is 0.150 e. The molecule has 5 heteroatoms. The molecule has 0 aliphatic heterocycles. The van der Waals surface area contributed by atoms with Gasteiger partial charge in [0.25, 0.3) is 0 Å². The van der Waals surface area contributed by atoms with Crippen molar-refractivity contribution in [2.24, 2.45) is 0 Å². The van der Waals surface area contributed by atoms with Crippen LogP contribution in [0.5, 0.6) is 0 Å². The molecular weight excluding hydrogens is 298 g/mol. The highest BCUT2D eigenvalue weighted by atomic mass is 79.9. The Labute approximate surface area is 114 Å². The van der Waals surface area contributed by atoms with E-state index in [1.54, 1.807) is 17.5 Å². The van der Waals surface area contributed by atoms with E-state index >= 15 is 0 Å². The fourth-order valence-electron chi connectivity index (χ4n) is 1.66. The molecular formula is C12H14BrN3S. The second-order valence-electron chi connectivity index (χ2n) is 4.04. The number of anilines is 1. The summed E-state index contributed by atoms with van der Waals surface area (Å²) in [6.45, 7) is 4.80. The third-order valence-corrected chi connectivity index (χ3v) is 4.01. The molecule has 0 radical (unpaired) electrons. The van der Waals surface area contributed by atoms with Gasteiger partial charge >= 0.3 is 0 Å². The largest absolute Gasteiger partial charge is 0.354 e. The fraction of sp³-hybridized carbons (Fsp3) is 0.333. The zero-order chi connectivity index (χ0) is 12.4. The van der Waals surface area contributed by atoms with E-state index in [2.05, 4.69) is 42.2 Å². The summed E-state index contributed by atoms with van der Waals surface area (Å²) in [6, 6.07) is 2.14. The molecule has 17 heavy (non-hydrogen) atoms. The van der Waals surface area contributed by atoms with Crippen LogP contribution in [-0.2, 0) is 6.54 Å². The number of aryl methyl sites for hydroxylation is 2. The monoisotopic (exact) mass is 311 g/mol. The summed E-state index contributed by atoms with van der Waals surface area (Å²) in [5.74, 6) is 0.951. The fourth-order valence-corrected chi connectivity index (χ4v) is 2.86. The highest BCUT2D eigenvalue weighted by molar-refractivity contribution is 9.11. The molecule has 0 aromatic carbocycles. The minimum Gasteiger partial charge on any atom is -0.354 e. The van der Waals surface area contributed by atoms with Crippen molar-refractivity contribution in [1.82, 2.24) is 9.97 Å². The first-order chi connectivity index (χ1) is 8.06. The summed E-state index contributed by atoms with van der Waals surface area (Å²) < 4.78 is 1.16. The van der Waals surface area contributed by atoms with Crippen molar-refractivity contribution in [3.63, 3.8) is 0 Å². The van der Waals surface area contributed by atoms with Crippen LogP contribution in [0.1, 0.15) is 17.0 Å². The predicted octanol–water partition coefficient (Wildman–Crippen LogP) is 3.55. The number of aromatic nitrogens is 2. The molecule has 0 saturated heterocycles. The summed E-state index contributed by atoms with van der Waals surface area (Å²) in [5, 5.41) is 2.15. The molecule has 3 nitrogen and oxygen atoms in total. The number of halogens is 1. The molecule has 0 N–H and O–H groups in total. The first-order valence-corrected chi connectivity index (χ1v) is 6.98. The lowest BCUT2D eigenvalue weighted by molar-refractivity contribution is 0.872. The zero-order valence-corrected chi connectivity index (χ0v) is 12.5. The van der Waals surface area contributed by atoms with Gasteiger partial charge in [-0.25, -0.2) is 4.98 Å². The Bertz CT molecular complexity index is 524. The maximum atomic E-state index is 4.53. The molecule has 2 aromatic rings. The van der Waals surface area contributed by atoms with Gasteiger partial charge in [0.05, 0.1) is 15.2 Å². The van der Waals surface area contributed by atoms with Gasteiger partial charge in [-0.1, -0.05) is 0 Å². The van der Waals surface area contributed by atoms with Crippen molar-refractivity contribution in [3.8, 4) is 0 Å². The number of thiophene rings is 1. The Morgan fingerprint density at radius 2 is 2.18 bits per heavy atom. The summed E-state index contributed by atoms with van der Waals surface area (Å²) >= 11 is 5.18. The van der Waals surface area contributed by atoms with E-state index in [4.69, 9.17) is 0 Å². The van der Waals surface area contributed by atoms with Crippen molar-refractivity contribution < 1.29 is 0 Å². The van der Waals surface area contributed by atoms with Gasteiger partial charge in [-0.05, 0) is 46.8 Å². The van der Waals surface area contributed by atoms with Crippen LogP contribution in [0.3, 0.4) is 0 Å². The number of rotatable bonds is 3. The quantitative estimate of drug-likeness (QED) is 0.868. The average Bonchev–Trinajstić information content (AvgIpc) is 2.67. The van der Waals surface area contributed by atoms with Crippen molar-refractivity contribution in [2.75, 3.05) is 11.9 Å². The smallest absolute Gasteiger partial charge is 0.150 e. The van der Waals surface area contributed by atoms with E-state index in [1.807, 2.05) is 20.9 Å². The molecule has 0 fully saturated rings. The van der Waals surface area contributed by atoms with Gasteiger partial charge in [-0.15, -0.1) is 11.3 Å². The molecule has 0 spiro atoms. The van der Waals surface area contributed by atoms with Crippen LogP contribution < -0.4 is 4.90 Å². The topological polar surface area (TPSA) is 29.0 Å². The van der Waals surface area contributed by atoms with E-state index < -0.39 is 0 Å². The van der Waals surface area contributed by atoms with Crippen LogP contribution >= 0.6 is 27.3 Å². The molecule has 2 rings (SSSR count). The molecule has 2 aromatic heterocycles. The SMILES string of the molecule is Cc1cnc(C)c(N(C)Cc2csc(Br)c2)n1. The summed E-state index contributed by atoms with van der Waals surface area (Å²) in [6.07, 6.45) is 1.80. The Hall–Kier alpha value is -0.940. The van der Waals surface area contributed by atoms with Gasteiger partial charge in [-0.2, -0.15) is 0 Å². The van der Waals surface area contributed by atoms with E-state index in [9.17, 15) is 0 Å². The van der Waals surface area contributed by atoms with Gasteiger partial charge in [-0.3, -0.25) is 4.98 Å². The number of nitrogens with zero attached hydrogens (tertiary/aromatic N) is 3. The summed E-state index contributed by atoms with van der Waals surface area (Å²) in [5.41, 5.74) is 3.20. The number of hydrogen-bond acceptors (Lipinski definition) is 4. The van der Waals surface area contributed by atoms with Crippen molar-refractivity contribution in [2.45, 2.75) is 20.4 Å². The first-order valence-electron chi connectivity index (χ1n) is 5.30. The molecule has 0 atom stereocenters.